The van der Waals surface area contributed by atoms with Gasteiger partial charge in [-0.3, -0.25) is 9.69 Å². The summed E-state index contributed by atoms with van der Waals surface area (Å²) >= 11 is 0. The average molecular weight is 263 g/mol. The molecule has 0 aliphatic rings. The molecule has 0 heterocycles. The van der Waals surface area contributed by atoms with E-state index in [0.29, 0.717) is 13.1 Å². The summed E-state index contributed by atoms with van der Waals surface area (Å²) in [5, 5.41) is 2.88. The Bertz CT molecular complexity index is 418. The fourth-order valence-electron chi connectivity index (χ4n) is 1.97. The molecular weight excluding hydrogens is 238 g/mol. The van der Waals surface area contributed by atoms with Crippen molar-refractivity contribution in [2.45, 2.75) is 33.4 Å². The molecule has 4 nitrogen and oxygen atoms in total. The number of hydrogen-bond donors (Lipinski definition) is 2. The Kier molecular flexibility index (Phi) is 6.53. The SMILES string of the molecule is CCCNC(=O)CN(C)Cc1ccc(CN)cc1C. The van der Waals surface area contributed by atoms with Gasteiger partial charge in [-0.1, -0.05) is 25.1 Å². The van der Waals surface area contributed by atoms with Crippen molar-refractivity contribution < 1.29 is 4.79 Å². The first-order valence-electron chi connectivity index (χ1n) is 6.80. The van der Waals surface area contributed by atoms with Crippen molar-refractivity contribution in [3.63, 3.8) is 0 Å². The molecule has 0 atom stereocenters. The number of carbonyl (C=O) groups is 1. The number of likely N-dealkylation sites (N-methyl/N-ethyl adjacent to an activating group) is 1. The van der Waals surface area contributed by atoms with Crippen LogP contribution in [0, 0.1) is 6.92 Å². The highest BCUT2D eigenvalue weighted by atomic mass is 16.2. The second-order valence-electron chi connectivity index (χ2n) is 4.99. The molecule has 0 fully saturated rings. The fraction of sp³-hybridized carbons (Fsp3) is 0.533. The maximum atomic E-state index is 11.6. The molecule has 1 amide bonds. The minimum atomic E-state index is 0.0839. The zero-order valence-electron chi connectivity index (χ0n) is 12.2. The van der Waals surface area contributed by atoms with Gasteiger partial charge in [-0.25, -0.2) is 0 Å². The van der Waals surface area contributed by atoms with Gasteiger partial charge in [0, 0.05) is 19.6 Å². The highest BCUT2D eigenvalue weighted by molar-refractivity contribution is 5.77. The molecule has 0 saturated heterocycles. The maximum absolute atomic E-state index is 11.6. The average Bonchev–Trinajstić information content (AvgIpc) is 2.38. The van der Waals surface area contributed by atoms with Gasteiger partial charge in [0.05, 0.1) is 6.54 Å². The first-order chi connectivity index (χ1) is 9.06. The van der Waals surface area contributed by atoms with Crippen LogP contribution in [0.25, 0.3) is 0 Å². The van der Waals surface area contributed by atoms with Gasteiger partial charge in [-0.15, -0.1) is 0 Å². The Morgan fingerprint density at radius 3 is 2.74 bits per heavy atom. The van der Waals surface area contributed by atoms with E-state index in [1.165, 1.54) is 11.1 Å². The third kappa shape index (κ3) is 5.41. The summed E-state index contributed by atoms with van der Waals surface area (Å²) < 4.78 is 0. The van der Waals surface area contributed by atoms with Gasteiger partial charge in [0.2, 0.25) is 5.91 Å². The molecule has 0 spiro atoms. The first kappa shape index (κ1) is 15.7. The van der Waals surface area contributed by atoms with Crippen LogP contribution >= 0.6 is 0 Å². The molecule has 3 N–H and O–H groups in total. The number of nitrogens with zero attached hydrogens (tertiary/aromatic N) is 1. The number of rotatable bonds is 7. The Balaban J connectivity index is 2.52. The van der Waals surface area contributed by atoms with Gasteiger partial charge >= 0.3 is 0 Å². The van der Waals surface area contributed by atoms with E-state index in [2.05, 4.69) is 24.4 Å². The van der Waals surface area contributed by atoms with Crippen LogP contribution in [0.4, 0.5) is 0 Å². The van der Waals surface area contributed by atoms with E-state index in [1.807, 2.05) is 24.9 Å². The molecule has 1 rings (SSSR count). The predicted molar refractivity (Wildman–Crippen MR) is 78.7 cm³/mol. The van der Waals surface area contributed by atoms with E-state index in [9.17, 15) is 4.79 Å². The second kappa shape index (κ2) is 7.92. The van der Waals surface area contributed by atoms with Gasteiger partial charge < -0.3 is 11.1 Å². The molecule has 0 saturated carbocycles. The highest BCUT2D eigenvalue weighted by Gasteiger charge is 2.08. The molecular formula is C15H25N3O. The summed E-state index contributed by atoms with van der Waals surface area (Å²) in [6.07, 6.45) is 0.967. The van der Waals surface area contributed by atoms with Crippen LogP contribution in [0.5, 0.6) is 0 Å². The van der Waals surface area contributed by atoms with Gasteiger partial charge in [0.15, 0.2) is 0 Å². The number of benzene rings is 1. The first-order valence-corrected chi connectivity index (χ1v) is 6.80. The van der Waals surface area contributed by atoms with Gasteiger partial charge in [0.25, 0.3) is 0 Å². The third-order valence-corrected chi connectivity index (χ3v) is 3.07. The standard InChI is InChI=1S/C15H25N3O/c1-4-7-17-15(19)11-18(3)10-14-6-5-13(9-16)8-12(14)2/h5-6,8H,4,7,9-11,16H2,1-3H3,(H,17,19). The van der Waals surface area contributed by atoms with E-state index in [4.69, 9.17) is 5.73 Å². The summed E-state index contributed by atoms with van der Waals surface area (Å²) in [5.41, 5.74) is 9.23. The highest BCUT2D eigenvalue weighted by Crippen LogP contribution is 2.12. The largest absolute Gasteiger partial charge is 0.355 e. The minimum absolute atomic E-state index is 0.0839. The Morgan fingerprint density at radius 2 is 2.16 bits per heavy atom. The minimum Gasteiger partial charge on any atom is -0.355 e. The lowest BCUT2D eigenvalue weighted by Gasteiger charge is -2.18. The Hall–Kier alpha value is -1.39. The van der Waals surface area contributed by atoms with Gasteiger partial charge in [0.1, 0.15) is 0 Å². The molecule has 1 aromatic rings. The van der Waals surface area contributed by atoms with Crippen molar-refractivity contribution in [1.29, 1.82) is 0 Å². The van der Waals surface area contributed by atoms with Crippen LogP contribution in [-0.4, -0.2) is 30.9 Å². The maximum Gasteiger partial charge on any atom is 0.234 e. The quantitative estimate of drug-likeness (QED) is 0.782. The lowest BCUT2D eigenvalue weighted by atomic mass is 10.0. The Morgan fingerprint density at radius 1 is 1.42 bits per heavy atom. The topological polar surface area (TPSA) is 58.4 Å². The molecule has 0 unspecified atom stereocenters. The molecule has 0 aliphatic carbocycles. The molecule has 0 bridgehead atoms. The zero-order chi connectivity index (χ0) is 14.3. The lowest BCUT2D eigenvalue weighted by Crippen LogP contribution is -2.35. The number of hydrogen-bond acceptors (Lipinski definition) is 3. The van der Waals surface area contributed by atoms with Crippen molar-refractivity contribution in [1.82, 2.24) is 10.2 Å². The van der Waals surface area contributed by atoms with E-state index in [0.717, 1.165) is 25.1 Å². The van der Waals surface area contributed by atoms with Gasteiger partial charge in [-0.2, -0.15) is 0 Å². The van der Waals surface area contributed by atoms with Crippen molar-refractivity contribution in [2.75, 3.05) is 20.1 Å². The molecule has 4 heteroatoms. The normalized spacial score (nSPS) is 10.8. The molecule has 19 heavy (non-hydrogen) atoms. The van der Waals surface area contributed by atoms with Gasteiger partial charge in [-0.05, 0) is 37.1 Å². The number of nitrogens with one attached hydrogen (secondary N) is 1. The van der Waals surface area contributed by atoms with Crippen LogP contribution < -0.4 is 11.1 Å². The number of amides is 1. The summed E-state index contributed by atoms with van der Waals surface area (Å²) in [5.74, 6) is 0.0839. The molecule has 106 valence electrons. The molecule has 0 radical (unpaired) electrons. The number of nitrogens with two attached hydrogens (primary N) is 1. The smallest absolute Gasteiger partial charge is 0.234 e. The van der Waals surface area contributed by atoms with Crippen molar-refractivity contribution in [3.05, 3.63) is 34.9 Å². The summed E-state index contributed by atoms with van der Waals surface area (Å²) in [6.45, 7) is 6.65. The van der Waals surface area contributed by atoms with E-state index in [-0.39, 0.29) is 5.91 Å². The third-order valence-electron chi connectivity index (χ3n) is 3.07. The van der Waals surface area contributed by atoms with Crippen molar-refractivity contribution in [2.24, 2.45) is 5.73 Å². The van der Waals surface area contributed by atoms with Crippen LogP contribution in [0.1, 0.15) is 30.0 Å². The molecule has 0 aliphatic heterocycles. The van der Waals surface area contributed by atoms with Crippen molar-refractivity contribution in [3.8, 4) is 0 Å². The predicted octanol–water partition coefficient (Wildman–Crippen LogP) is 1.41. The van der Waals surface area contributed by atoms with E-state index in [1.54, 1.807) is 0 Å². The van der Waals surface area contributed by atoms with Crippen LogP contribution in [0.15, 0.2) is 18.2 Å². The zero-order valence-corrected chi connectivity index (χ0v) is 12.2. The summed E-state index contributed by atoms with van der Waals surface area (Å²) in [6, 6.07) is 6.26. The summed E-state index contributed by atoms with van der Waals surface area (Å²) in [7, 11) is 1.96. The monoisotopic (exact) mass is 263 g/mol. The van der Waals surface area contributed by atoms with E-state index >= 15 is 0 Å². The Labute approximate surface area is 116 Å². The second-order valence-corrected chi connectivity index (χ2v) is 4.99. The number of aryl methyl sites for hydroxylation is 1. The summed E-state index contributed by atoms with van der Waals surface area (Å²) in [4.78, 5) is 13.6. The van der Waals surface area contributed by atoms with Crippen LogP contribution in [0.2, 0.25) is 0 Å². The number of carbonyl (C=O) groups excluding carboxylic acids is 1. The molecule has 0 aromatic heterocycles. The fourth-order valence-corrected chi connectivity index (χ4v) is 1.97. The van der Waals surface area contributed by atoms with Crippen LogP contribution in [-0.2, 0) is 17.9 Å². The van der Waals surface area contributed by atoms with Crippen molar-refractivity contribution >= 4 is 5.91 Å². The lowest BCUT2D eigenvalue weighted by molar-refractivity contribution is -0.122. The van der Waals surface area contributed by atoms with E-state index < -0.39 is 0 Å². The van der Waals surface area contributed by atoms with Crippen LogP contribution in [0.3, 0.4) is 0 Å². The molecule has 1 aromatic carbocycles.